The lowest BCUT2D eigenvalue weighted by Crippen LogP contribution is -3.61. The highest BCUT2D eigenvalue weighted by Crippen LogP contribution is 2.06. The Kier molecular flexibility index (Phi) is 7.22. The molecule has 2 rings (SSSR count). The Balaban J connectivity index is 0.00000200. The van der Waals surface area contributed by atoms with E-state index in [1.165, 1.54) is 7.14 Å². The second-order valence-electron chi connectivity index (χ2n) is 3.77. The quantitative estimate of drug-likeness (QED) is 0.239. The van der Waals surface area contributed by atoms with Gasteiger partial charge in [0.25, 0.3) is 0 Å². The first-order valence-electron chi connectivity index (χ1n) is 5.70. The topological polar surface area (TPSA) is 58.0 Å². The molecule has 4 nitrogen and oxygen atoms in total. The molecule has 0 heterocycles. The van der Waals surface area contributed by atoms with E-state index in [2.05, 4.69) is 34.3 Å². The summed E-state index contributed by atoms with van der Waals surface area (Å²) in [5.41, 5.74) is 9.32. The van der Waals surface area contributed by atoms with Crippen molar-refractivity contribution < 1.29 is 38.3 Å². The van der Waals surface area contributed by atoms with Crippen LogP contribution in [0.3, 0.4) is 0 Å². The zero-order chi connectivity index (χ0) is 13.5. The monoisotopic (exact) mass is 401 g/mol. The summed E-state index contributed by atoms with van der Waals surface area (Å²) in [6.45, 7) is 0.414. The summed E-state index contributed by atoms with van der Waals surface area (Å²) in [4.78, 5) is 2.76. The van der Waals surface area contributed by atoms with Gasteiger partial charge in [0.05, 0.1) is 13.7 Å². The summed E-state index contributed by atoms with van der Waals surface area (Å²) in [5, 5.41) is 3.55. The van der Waals surface area contributed by atoms with Crippen LogP contribution in [0.15, 0.2) is 53.6 Å². The average molecular weight is 402 g/mol. The number of methoxy groups -OCH3 is 1. The van der Waals surface area contributed by atoms with Gasteiger partial charge in [-0.15, -0.1) is 0 Å². The molecule has 20 heavy (non-hydrogen) atoms. The molecule has 0 unspecified atom stereocenters. The van der Waals surface area contributed by atoms with Gasteiger partial charge in [0, 0.05) is 4.91 Å². The molecule has 104 valence electrons. The van der Waals surface area contributed by atoms with Gasteiger partial charge >= 0.3 is 21.2 Å². The molecule has 2 aromatic rings. The molecule has 0 aliphatic rings. The molecule has 0 N–H and O–H groups in total. The maximum absolute atomic E-state index is 8.27. The van der Waals surface area contributed by atoms with E-state index in [9.17, 15) is 0 Å². The number of hydrogen-bond acceptors (Lipinski definition) is 2. The van der Waals surface area contributed by atoms with Crippen LogP contribution in [0.5, 0.6) is 5.75 Å². The molecule has 0 amide bonds. The zero-order valence-electron chi connectivity index (χ0n) is 10.8. The molecule has 0 saturated carbocycles. The fourth-order valence-electron chi connectivity index (χ4n) is 1.53. The first-order valence-corrected chi connectivity index (χ1v) is 7.86. The van der Waals surface area contributed by atoms with Gasteiger partial charge in [-0.25, -0.2) is 0 Å². The Bertz CT molecular complexity index is 580. The molecule has 0 radical (unpaired) electrons. The number of azide groups is 1. The lowest BCUT2D eigenvalue weighted by atomic mass is 10.2. The maximum Gasteiger partial charge on any atom is 0.357 e. The Morgan fingerprint density at radius 3 is 2.10 bits per heavy atom. The molecular formula is C14H13ClIN3O. The second kappa shape index (κ2) is 8.68. The first-order chi connectivity index (χ1) is 9.31. The summed E-state index contributed by atoms with van der Waals surface area (Å²) in [6.07, 6.45) is 0. The molecule has 0 spiro atoms. The van der Waals surface area contributed by atoms with Gasteiger partial charge < -0.3 is 17.1 Å². The lowest BCUT2D eigenvalue weighted by molar-refractivity contribution is -0.597. The highest BCUT2D eigenvalue weighted by Gasteiger charge is 2.14. The summed E-state index contributed by atoms with van der Waals surface area (Å²) in [5.74, 6) is 0.887. The van der Waals surface area contributed by atoms with Crippen molar-refractivity contribution in [2.75, 3.05) is 7.11 Å². The highest BCUT2D eigenvalue weighted by atomic mass is 127. The minimum atomic E-state index is -0.175. The van der Waals surface area contributed by atoms with E-state index in [0.717, 1.165) is 11.3 Å². The van der Waals surface area contributed by atoms with Gasteiger partial charge in [0.1, 0.15) is 5.75 Å². The van der Waals surface area contributed by atoms with Gasteiger partial charge in [0.15, 0.2) is 7.14 Å². The number of halogens is 2. The number of rotatable bonds is 5. The summed E-state index contributed by atoms with van der Waals surface area (Å²) >= 11 is -0.175. The molecule has 6 heteroatoms. The Labute approximate surface area is 134 Å². The molecule has 0 fully saturated rings. The third-order valence-corrected chi connectivity index (χ3v) is 5.18. The van der Waals surface area contributed by atoms with Crippen LogP contribution < -0.4 is 38.3 Å². The van der Waals surface area contributed by atoms with Crippen LogP contribution in [0.25, 0.3) is 10.4 Å². The van der Waals surface area contributed by atoms with E-state index < -0.39 is 0 Å². The third kappa shape index (κ3) is 4.92. The van der Waals surface area contributed by atoms with Crippen LogP contribution in [-0.4, -0.2) is 7.11 Å². The zero-order valence-corrected chi connectivity index (χ0v) is 13.7. The van der Waals surface area contributed by atoms with E-state index in [-0.39, 0.29) is 33.6 Å². The number of benzene rings is 2. The molecule has 0 atom stereocenters. The standard InChI is InChI=1S/C14H13IN3O.ClH/c1-19-14-8-6-13(7-9-14)15-12-4-2-11(3-5-12)10-17-18-16;/h2-9H,10H2,1H3;1H/q+1;/p-1. The number of ether oxygens (including phenoxy) is 1. The van der Waals surface area contributed by atoms with Crippen molar-refractivity contribution in [3.05, 3.63) is 71.7 Å². The van der Waals surface area contributed by atoms with Crippen LogP contribution in [0, 0.1) is 7.14 Å². The minimum Gasteiger partial charge on any atom is -1.00 e. The smallest absolute Gasteiger partial charge is 0.357 e. The van der Waals surface area contributed by atoms with Gasteiger partial charge in [-0.3, -0.25) is 0 Å². The van der Waals surface area contributed by atoms with Crippen molar-refractivity contribution in [2.45, 2.75) is 6.54 Å². The van der Waals surface area contributed by atoms with Crippen molar-refractivity contribution in [3.63, 3.8) is 0 Å². The van der Waals surface area contributed by atoms with Crippen LogP contribution >= 0.6 is 0 Å². The normalized spacial score (nSPS) is 9.25. The van der Waals surface area contributed by atoms with Gasteiger partial charge in [-0.05, 0) is 47.5 Å². The van der Waals surface area contributed by atoms with Crippen LogP contribution in [0.1, 0.15) is 5.56 Å². The van der Waals surface area contributed by atoms with Crippen molar-refractivity contribution in [1.29, 1.82) is 0 Å². The number of hydrogen-bond donors (Lipinski definition) is 0. The summed E-state index contributed by atoms with van der Waals surface area (Å²) in [7, 11) is 1.67. The molecule has 0 saturated heterocycles. The molecular weight excluding hydrogens is 389 g/mol. The average Bonchev–Trinajstić information content (AvgIpc) is 2.47. The molecule has 2 aromatic carbocycles. The van der Waals surface area contributed by atoms with E-state index in [0.29, 0.717) is 6.54 Å². The Morgan fingerprint density at radius 1 is 1.05 bits per heavy atom. The Hall–Kier alpha value is -1.43. The summed E-state index contributed by atoms with van der Waals surface area (Å²) < 4.78 is 7.84. The molecule has 0 aliphatic carbocycles. The van der Waals surface area contributed by atoms with Crippen LogP contribution in [0.2, 0.25) is 0 Å². The minimum absolute atomic E-state index is 0. The highest BCUT2D eigenvalue weighted by molar-refractivity contribution is 5.20. The predicted molar refractivity (Wildman–Crippen MR) is 69.7 cm³/mol. The van der Waals surface area contributed by atoms with Crippen molar-refractivity contribution in [2.24, 2.45) is 5.11 Å². The van der Waals surface area contributed by atoms with E-state index in [4.69, 9.17) is 10.3 Å². The van der Waals surface area contributed by atoms with Crippen LogP contribution in [-0.2, 0) is 6.54 Å². The molecule has 0 aromatic heterocycles. The SMILES string of the molecule is COc1ccc([I+]c2ccc(CN=[N+]=[N-])cc2)cc1.[Cl-]. The van der Waals surface area contributed by atoms with Gasteiger partial charge in [0.2, 0.25) is 0 Å². The van der Waals surface area contributed by atoms with E-state index >= 15 is 0 Å². The van der Waals surface area contributed by atoms with Gasteiger partial charge in [-0.1, -0.05) is 17.2 Å². The summed E-state index contributed by atoms with van der Waals surface area (Å²) in [6, 6.07) is 16.5. The fourth-order valence-corrected chi connectivity index (χ4v) is 3.68. The maximum atomic E-state index is 8.27. The molecule has 0 aliphatic heterocycles. The lowest BCUT2D eigenvalue weighted by Gasteiger charge is -1.96. The second-order valence-corrected chi connectivity index (χ2v) is 6.80. The number of nitrogens with zero attached hydrogens (tertiary/aromatic N) is 3. The van der Waals surface area contributed by atoms with E-state index in [1.54, 1.807) is 7.11 Å². The third-order valence-electron chi connectivity index (χ3n) is 2.50. The predicted octanol–water partition coefficient (Wildman–Crippen LogP) is -2.36. The Morgan fingerprint density at radius 2 is 1.60 bits per heavy atom. The van der Waals surface area contributed by atoms with Crippen molar-refractivity contribution in [3.8, 4) is 5.75 Å². The fraction of sp³-hybridized carbons (Fsp3) is 0.143. The first kappa shape index (κ1) is 16.6. The van der Waals surface area contributed by atoms with E-state index in [1.807, 2.05) is 24.3 Å². The van der Waals surface area contributed by atoms with Crippen LogP contribution in [0.4, 0.5) is 0 Å². The van der Waals surface area contributed by atoms with Gasteiger partial charge in [-0.2, -0.15) is 0 Å². The van der Waals surface area contributed by atoms with Crippen molar-refractivity contribution >= 4 is 0 Å². The molecule has 0 bridgehead atoms. The largest absolute Gasteiger partial charge is 1.00 e. The van der Waals surface area contributed by atoms with Crippen molar-refractivity contribution in [1.82, 2.24) is 0 Å².